The minimum atomic E-state index is -0.870. The van der Waals surface area contributed by atoms with Gasteiger partial charge in [0.25, 0.3) is 0 Å². The van der Waals surface area contributed by atoms with Crippen molar-refractivity contribution in [3.63, 3.8) is 0 Å². The molecule has 0 saturated carbocycles. The molecule has 0 aliphatic carbocycles. The number of carbonyl (C=O) groups is 1. The minimum absolute atomic E-state index is 0.174. The summed E-state index contributed by atoms with van der Waals surface area (Å²) in [6.07, 6.45) is 0.611. The van der Waals surface area contributed by atoms with E-state index in [2.05, 4.69) is 21.3 Å². The third kappa shape index (κ3) is 3.01. The van der Waals surface area contributed by atoms with E-state index in [9.17, 15) is 13.6 Å². The van der Waals surface area contributed by atoms with E-state index in [1.807, 2.05) is 0 Å². The molecule has 1 rings (SSSR count). The van der Waals surface area contributed by atoms with Crippen LogP contribution < -0.4 is 15.5 Å². The van der Waals surface area contributed by atoms with Gasteiger partial charge in [-0.15, -0.1) is 0 Å². The predicted molar refractivity (Wildman–Crippen MR) is 57.8 cm³/mol. The van der Waals surface area contributed by atoms with Crippen LogP contribution in [0.4, 0.5) is 8.78 Å². The molecule has 0 aliphatic heterocycles. The molecule has 0 heterocycles. The Balaban J connectivity index is 2.80. The first kappa shape index (κ1) is 13.1. The molecule has 1 radical (unpaired) electrons. The number of rotatable bonds is 4. The van der Waals surface area contributed by atoms with E-state index in [1.54, 1.807) is 0 Å². The topological polar surface area (TPSA) is 55.1 Å². The maximum absolute atomic E-state index is 13.5. The number of hydrogen-bond acceptors (Lipinski definition) is 2. The second kappa shape index (κ2) is 5.94. The quantitative estimate of drug-likeness (QED) is 0.598. The van der Waals surface area contributed by atoms with Crippen LogP contribution in [-0.4, -0.2) is 35.0 Å². The van der Waals surface area contributed by atoms with Gasteiger partial charge in [0, 0.05) is 0 Å². The fourth-order valence-corrected chi connectivity index (χ4v) is 1.48. The first-order valence-electron chi connectivity index (χ1n) is 4.71. The molecule has 0 aromatic heterocycles. The number of hydrogen-bond donors (Lipinski definition) is 2. The molecule has 6 heteroatoms. The average molecular weight is 292 g/mol. The summed E-state index contributed by atoms with van der Waals surface area (Å²) in [7, 11) is 0. The molecule has 0 spiro atoms. The summed E-state index contributed by atoms with van der Waals surface area (Å²) in [5.41, 5.74) is 5.07. The van der Waals surface area contributed by atoms with Crippen molar-refractivity contribution in [2.24, 2.45) is 5.73 Å². The Bertz CT molecular complexity index is 399. The molecule has 3 nitrogen and oxygen atoms in total. The number of amides is 1. The summed E-state index contributed by atoms with van der Waals surface area (Å²) < 4.78 is 26.1. The van der Waals surface area contributed by atoms with Crippen LogP contribution in [-0.2, 0) is 0 Å². The molecule has 1 amide bonds. The number of carbonyl (C=O) groups excluding carboxylic acids is 1. The second-order valence-corrected chi connectivity index (χ2v) is 3.99. The third-order valence-electron chi connectivity index (χ3n) is 1.96. The Hall–Kier alpha value is -0.971. The van der Waals surface area contributed by atoms with E-state index in [1.165, 1.54) is 0 Å². The first-order valence-corrected chi connectivity index (χ1v) is 5.57. The van der Waals surface area contributed by atoms with Gasteiger partial charge in [-0.3, -0.25) is 0 Å². The zero-order valence-electron chi connectivity index (χ0n) is 8.43. The SMILES string of the molecule is NCCCNC(=O)c1ccc(F)c([Se])c1F. The molecule has 0 fully saturated rings. The van der Waals surface area contributed by atoms with E-state index in [0.717, 1.165) is 12.1 Å². The normalized spacial score (nSPS) is 10.2. The predicted octanol–water partition coefficient (Wildman–Crippen LogP) is -0.163. The summed E-state index contributed by atoms with van der Waals surface area (Å²) in [5.74, 6) is -2.15. The van der Waals surface area contributed by atoms with Crippen molar-refractivity contribution in [1.82, 2.24) is 5.32 Å². The van der Waals surface area contributed by atoms with E-state index in [4.69, 9.17) is 5.73 Å². The van der Waals surface area contributed by atoms with Gasteiger partial charge < -0.3 is 0 Å². The zero-order chi connectivity index (χ0) is 12.1. The fourth-order valence-electron chi connectivity index (χ4n) is 1.11. The first-order chi connectivity index (χ1) is 7.57. The molecule has 0 aliphatic rings. The van der Waals surface area contributed by atoms with E-state index in [-0.39, 0.29) is 10.0 Å². The van der Waals surface area contributed by atoms with Crippen molar-refractivity contribution in [2.45, 2.75) is 6.42 Å². The standard InChI is InChI=1S/C10H11F2N2OSe/c11-7-3-2-6(8(12)9(7)16)10(15)14-5-1-4-13/h2-3H,1,4-5,13H2,(H,14,15). The van der Waals surface area contributed by atoms with E-state index in [0.29, 0.717) is 19.5 Å². The van der Waals surface area contributed by atoms with Gasteiger partial charge in [0.1, 0.15) is 0 Å². The Morgan fingerprint density at radius 1 is 1.44 bits per heavy atom. The molecule has 1 aromatic carbocycles. The van der Waals surface area contributed by atoms with Crippen LogP contribution in [0.1, 0.15) is 16.8 Å². The van der Waals surface area contributed by atoms with Crippen LogP contribution in [0.5, 0.6) is 0 Å². The summed E-state index contributed by atoms with van der Waals surface area (Å²) in [4.78, 5) is 11.5. The van der Waals surface area contributed by atoms with Crippen LogP contribution in [0.25, 0.3) is 0 Å². The van der Waals surface area contributed by atoms with Gasteiger partial charge in [-0.05, 0) is 0 Å². The summed E-state index contributed by atoms with van der Waals surface area (Å²) in [6.45, 7) is 0.813. The van der Waals surface area contributed by atoms with Crippen molar-refractivity contribution >= 4 is 26.4 Å². The fraction of sp³-hybridized carbons (Fsp3) is 0.300. The van der Waals surface area contributed by atoms with Gasteiger partial charge in [-0.25, -0.2) is 0 Å². The molecule has 0 unspecified atom stereocenters. The molecule has 87 valence electrons. The summed E-state index contributed by atoms with van der Waals surface area (Å²) in [5, 5.41) is 2.49. The van der Waals surface area contributed by atoms with Crippen molar-refractivity contribution in [3.8, 4) is 0 Å². The average Bonchev–Trinajstić information content (AvgIpc) is 2.26. The number of nitrogens with one attached hydrogen (secondary N) is 1. The van der Waals surface area contributed by atoms with Gasteiger partial charge >= 0.3 is 99.8 Å². The number of nitrogens with two attached hydrogens (primary N) is 1. The number of benzene rings is 1. The molecule has 0 atom stereocenters. The molecule has 0 bridgehead atoms. The van der Waals surface area contributed by atoms with Gasteiger partial charge in [0.2, 0.25) is 0 Å². The molecular weight excluding hydrogens is 281 g/mol. The Labute approximate surface area is 100 Å². The van der Waals surface area contributed by atoms with Crippen LogP contribution in [0.2, 0.25) is 0 Å². The van der Waals surface area contributed by atoms with Gasteiger partial charge in [0.15, 0.2) is 0 Å². The van der Waals surface area contributed by atoms with E-state index >= 15 is 0 Å². The Kier molecular flexibility index (Phi) is 4.86. The van der Waals surface area contributed by atoms with Crippen molar-refractivity contribution in [2.75, 3.05) is 13.1 Å². The van der Waals surface area contributed by atoms with Crippen LogP contribution in [0.3, 0.4) is 0 Å². The van der Waals surface area contributed by atoms with Crippen LogP contribution in [0, 0.1) is 11.6 Å². The summed E-state index contributed by atoms with van der Waals surface area (Å²) in [6, 6.07) is 2.16. The van der Waals surface area contributed by atoms with Gasteiger partial charge in [-0.2, -0.15) is 0 Å². The molecular formula is C10H11F2N2OSe. The zero-order valence-corrected chi connectivity index (χ0v) is 10.1. The molecule has 1 aromatic rings. The molecule has 0 saturated heterocycles. The van der Waals surface area contributed by atoms with Crippen LogP contribution in [0.15, 0.2) is 12.1 Å². The van der Waals surface area contributed by atoms with Gasteiger partial charge in [-0.1, -0.05) is 0 Å². The Morgan fingerprint density at radius 3 is 2.75 bits per heavy atom. The van der Waals surface area contributed by atoms with E-state index < -0.39 is 17.5 Å². The second-order valence-electron chi connectivity index (χ2n) is 3.14. The monoisotopic (exact) mass is 293 g/mol. The van der Waals surface area contributed by atoms with Crippen molar-refractivity contribution in [1.29, 1.82) is 0 Å². The Morgan fingerprint density at radius 2 is 2.12 bits per heavy atom. The maximum atomic E-state index is 13.5. The molecule has 16 heavy (non-hydrogen) atoms. The van der Waals surface area contributed by atoms with Crippen molar-refractivity contribution < 1.29 is 13.6 Å². The van der Waals surface area contributed by atoms with Crippen LogP contribution >= 0.6 is 0 Å². The summed E-state index contributed by atoms with van der Waals surface area (Å²) >= 11 is 2.25. The van der Waals surface area contributed by atoms with Crippen molar-refractivity contribution in [3.05, 3.63) is 29.3 Å². The molecule has 3 N–H and O–H groups in total. The number of halogens is 2. The third-order valence-corrected chi connectivity index (χ3v) is 2.75. The van der Waals surface area contributed by atoms with Gasteiger partial charge in [0.05, 0.1) is 0 Å².